The lowest BCUT2D eigenvalue weighted by Gasteiger charge is -2.16. The van der Waals surface area contributed by atoms with Gasteiger partial charge in [0, 0.05) is 23.7 Å². The molecule has 2 aromatic carbocycles. The Morgan fingerprint density at radius 1 is 1.21 bits per heavy atom. The van der Waals surface area contributed by atoms with Gasteiger partial charge in [0.2, 0.25) is 0 Å². The highest BCUT2D eigenvalue weighted by molar-refractivity contribution is 7.84. The fraction of sp³-hybridized carbons (Fsp3) is 0.250. The summed E-state index contributed by atoms with van der Waals surface area (Å²) < 4.78 is 48.2. The summed E-state index contributed by atoms with van der Waals surface area (Å²) in [5.41, 5.74) is 1.44. The van der Waals surface area contributed by atoms with E-state index in [2.05, 4.69) is 0 Å². The highest BCUT2D eigenvalue weighted by atomic mass is 35.5. The molecule has 0 radical (unpaired) electrons. The van der Waals surface area contributed by atoms with Crippen molar-refractivity contribution in [1.82, 2.24) is 4.31 Å². The van der Waals surface area contributed by atoms with Crippen molar-refractivity contribution in [2.45, 2.75) is 13.2 Å². The normalized spacial score (nSPS) is 17.1. The van der Waals surface area contributed by atoms with Crippen LogP contribution in [-0.4, -0.2) is 25.9 Å². The number of nitrogens with zero attached hydrogens (tertiary/aromatic N) is 1. The molecule has 8 heteroatoms. The van der Waals surface area contributed by atoms with Crippen molar-refractivity contribution in [2.24, 2.45) is 0 Å². The minimum atomic E-state index is -3.69. The molecule has 5 nitrogen and oxygen atoms in total. The maximum absolute atomic E-state index is 12.9. The second kappa shape index (κ2) is 7.06. The molecule has 128 valence electrons. The summed E-state index contributed by atoms with van der Waals surface area (Å²) in [5.74, 6) is 0.205. The van der Waals surface area contributed by atoms with Gasteiger partial charge in [-0.25, -0.2) is 4.39 Å². The molecule has 0 N–H and O–H groups in total. The van der Waals surface area contributed by atoms with Gasteiger partial charge in [0.25, 0.3) is 0 Å². The van der Waals surface area contributed by atoms with Crippen LogP contribution in [0.15, 0.2) is 42.5 Å². The third-order valence-electron chi connectivity index (χ3n) is 3.57. The Kier molecular flexibility index (Phi) is 5.05. The minimum Gasteiger partial charge on any atom is -0.489 e. The molecule has 1 aliphatic rings. The van der Waals surface area contributed by atoms with Gasteiger partial charge in [0.05, 0.1) is 6.61 Å². The highest BCUT2D eigenvalue weighted by Gasteiger charge is 2.30. The van der Waals surface area contributed by atoms with Gasteiger partial charge in [-0.2, -0.15) is 12.7 Å². The maximum atomic E-state index is 12.9. The lowest BCUT2D eigenvalue weighted by atomic mass is 10.2. The second-order valence-corrected chi connectivity index (χ2v) is 7.32. The number of rotatable bonds is 5. The van der Waals surface area contributed by atoms with Crippen molar-refractivity contribution in [3.05, 3.63) is 64.4 Å². The summed E-state index contributed by atoms with van der Waals surface area (Å²) in [6.07, 6.45) is 0. The first-order valence-electron chi connectivity index (χ1n) is 7.24. The van der Waals surface area contributed by atoms with E-state index in [9.17, 15) is 12.8 Å². The molecule has 3 rings (SSSR count). The van der Waals surface area contributed by atoms with Crippen LogP contribution in [0.25, 0.3) is 0 Å². The molecule has 0 saturated carbocycles. The molecule has 1 heterocycles. The fourth-order valence-electron chi connectivity index (χ4n) is 2.33. The topological polar surface area (TPSA) is 55.8 Å². The molecule has 0 atom stereocenters. The number of benzene rings is 2. The van der Waals surface area contributed by atoms with Crippen LogP contribution in [0, 0.1) is 5.82 Å². The van der Waals surface area contributed by atoms with Gasteiger partial charge >= 0.3 is 10.3 Å². The standard InChI is InChI=1S/C16H15ClFNO4S/c17-14-3-6-16(22-11-12-1-4-15(18)5-2-12)13(9-14)10-19-7-8-23-24(19,20)21/h1-6,9H,7-8,10-11H2. The molecule has 1 fully saturated rings. The van der Waals surface area contributed by atoms with E-state index in [1.54, 1.807) is 30.3 Å². The molecule has 0 bridgehead atoms. The zero-order valence-electron chi connectivity index (χ0n) is 12.6. The van der Waals surface area contributed by atoms with Gasteiger partial charge in [0.15, 0.2) is 0 Å². The SMILES string of the molecule is O=S1(=O)OCCN1Cc1cc(Cl)ccc1OCc1ccc(F)cc1. The van der Waals surface area contributed by atoms with E-state index in [-0.39, 0.29) is 32.1 Å². The Labute approximate surface area is 144 Å². The van der Waals surface area contributed by atoms with Gasteiger partial charge in [-0.05, 0) is 35.9 Å². The van der Waals surface area contributed by atoms with Crippen molar-refractivity contribution in [1.29, 1.82) is 0 Å². The van der Waals surface area contributed by atoms with E-state index in [1.165, 1.54) is 16.4 Å². The molecule has 1 saturated heterocycles. The molecule has 0 aliphatic carbocycles. The van der Waals surface area contributed by atoms with E-state index >= 15 is 0 Å². The summed E-state index contributed by atoms with van der Waals surface area (Å²) in [4.78, 5) is 0. The first-order valence-corrected chi connectivity index (χ1v) is 8.98. The van der Waals surface area contributed by atoms with E-state index in [0.717, 1.165) is 5.56 Å². The predicted molar refractivity (Wildman–Crippen MR) is 87.5 cm³/mol. The summed E-state index contributed by atoms with van der Waals surface area (Å²) in [6.45, 7) is 0.765. The average molecular weight is 372 g/mol. The Morgan fingerprint density at radius 3 is 2.62 bits per heavy atom. The highest BCUT2D eigenvalue weighted by Crippen LogP contribution is 2.27. The van der Waals surface area contributed by atoms with Crippen LogP contribution in [0.4, 0.5) is 4.39 Å². The zero-order chi connectivity index (χ0) is 17.2. The molecule has 0 unspecified atom stereocenters. The van der Waals surface area contributed by atoms with Crippen LogP contribution >= 0.6 is 11.6 Å². The van der Waals surface area contributed by atoms with E-state index in [0.29, 0.717) is 16.3 Å². The molecular weight excluding hydrogens is 357 g/mol. The Hall–Kier alpha value is -1.67. The summed E-state index contributed by atoms with van der Waals surface area (Å²) >= 11 is 6.01. The van der Waals surface area contributed by atoms with Crippen molar-refractivity contribution < 1.29 is 21.7 Å². The quantitative estimate of drug-likeness (QED) is 0.810. The Bertz CT molecular complexity index is 826. The van der Waals surface area contributed by atoms with Crippen LogP contribution in [0.5, 0.6) is 5.75 Å². The smallest absolute Gasteiger partial charge is 0.338 e. The number of hydrogen-bond donors (Lipinski definition) is 0. The first kappa shape index (κ1) is 17.2. The summed E-state index contributed by atoms with van der Waals surface area (Å²) in [5, 5.41) is 0.483. The third-order valence-corrected chi connectivity index (χ3v) is 5.21. The van der Waals surface area contributed by atoms with Crippen molar-refractivity contribution in [3.8, 4) is 5.75 Å². The monoisotopic (exact) mass is 371 g/mol. The Morgan fingerprint density at radius 2 is 1.96 bits per heavy atom. The van der Waals surface area contributed by atoms with Crippen LogP contribution < -0.4 is 4.74 Å². The third kappa shape index (κ3) is 4.05. The van der Waals surface area contributed by atoms with Gasteiger partial charge < -0.3 is 4.74 Å². The van der Waals surface area contributed by atoms with Crippen molar-refractivity contribution >= 4 is 21.9 Å². The molecular formula is C16H15ClFNO4S. The number of hydrogen-bond acceptors (Lipinski definition) is 4. The van der Waals surface area contributed by atoms with E-state index < -0.39 is 10.3 Å². The largest absolute Gasteiger partial charge is 0.489 e. The van der Waals surface area contributed by atoms with E-state index in [1.807, 2.05) is 0 Å². The first-order chi connectivity index (χ1) is 11.4. The zero-order valence-corrected chi connectivity index (χ0v) is 14.2. The van der Waals surface area contributed by atoms with Crippen LogP contribution in [0.2, 0.25) is 5.02 Å². The Balaban J connectivity index is 1.76. The van der Waals surface area contributed by atoms with Crippen molar-refractivity contribution in [3.63, 3.8) is 0 Å². The molecule has 0 aromatic heterocycles. The second-order valence-electron chi connectivity index (χ2n) is 5.28. The number of ether oxygens (including phenoxy) is 1. The molecule has 0 spiro atoms. The fourth-order valence-corrected chi connectivity index (χ4v) is 3.56. The maximum Gasteiger partial charge on any atom is 0.338 e. The summed E-state index contributed by atoms with van der Waals surface area (Å²) in [7, 11) is -3.69. The molecule has 0 amide bonds. The van der Waals surface area contributed by atoms with Gasteiger partial charge in [0.1, 0.15) is 18.2 Å². The molecule has 24 heavy (non-hydrogen) atoms. The van der Waals surface area contributed by atoms with Crippen molar-refractivity contribution in [2.75, 3.05) is 13.2 Å². The predicted octanol–water partition coefficient (Wildman–Crippen LogP) is 3.14. The van der Waals surface area contributed by atoms with Gasteiger partial charge in [-0.3, -0.25) is 4.18 Å². The molecule has 2 aromatic rings. The van der Waals surface area contributed by atoms with Crippen LogP contribution in [0.3, 0.4) is 0 Å². The molecule has 1 aliphatic heterocycles. The van der Waals surface area contributed by atoms with E-state index in [4.69, 9.17) is 20.5 Å². The van der Waals surface area contributed by atoms with Crippen LogP contribution in [-0.2, 0) is 27.6 Å². The van der Waals surface area contributed by atoms with Gasteiger partial charge in [-0.1, -0.05) is 23.7 Å². The minimum absolute atomic E-state index is 0.113. The summed E-state index contributed by atoms with van der Waals surface area (Å²) in [6, 6.07) is 11.0. The number of halogens is 2. The average Bonchev–Trinajstić information content (AvgIpc) is 2.87. The van der Waals surface area contributed by atoms with Crippen LogP contribution in [0.1, 0.15) is 11.1 Å². The lowest BCUT2D eigenvalue weighted by molar-refractivity contribution is 0.299. The lowest BCUT2D eigenvalue weighted by Crippen LogP contribution is -2.25. The van der Waals surface area contributed by atoms with Gasteiger partial charge in [-0.15, -0.1) is 0 Å².